The predicted octanol–water partition coefficient (Wildman–Crippen LogP) is 27.8. The summed E-state index contributed by atoms with van der Waals surface area (Å²) in [6, 6.07) is 144. The highest BCUT2D eigenvalue weighted by molar-refractivity contribution is 6.14. The van der Waals surface area contributed by atoms with E-state index in [4.69, 9.17) is 24.4 Å². The fourth-order valence-electron chi connectivity index (χ4n) is 17.0. The SMILES string of the molecule is c1ccc(-c2ccc(-c3ccc(-c4nc(-n5c6ccccc6c6cc(-c7ccc8c(c7)c7ccccc7n8-c7ccccc7)ccc65)nc5ccccc45)cc3)cc2)cc1.c1ccc(-c2ccc(-c3ccc(-c4nc(-n5c6ccccc6c6cc(-c7ccc8oc9ccccc9c8c7)ccc65)nc5ccccc45)cc3)cc2)cc1. The quantitative estimate of drug-likeness (QED) is 0.129. The van der Waals surface area contributed by atoms with Crippen molar-refractivity contribution in [2.24, 2.45) is 0 Å². The van der Waals surface area contributed by atoms with Crippen LogP contribution in [0.2, 0.25) is 0 Å². The third-order valence-corrected chi connectivity index (χ3v) is 22.6. The summed E-state index contributed by atoms with van der Waals surface area (Å²) in [5.41, 5.74) is 29.5. The van der Waals surface area contributed by atoms with Crippen LogP contribution in [-0.2, 0) is 0 Å². The summed E-state index contributed by atoms with van der Waals surface area (Å²) >= 11 is 0. The van der Waals surface area contributed by atoms with E-state index in [2.05, 4.69) is 396 Å². The molecular weight excluding hydrogens is 1390 g/mol. The standard InChI is InChI=1S/C56H36N4.C50H31N3O/c1-3-13-37(14-4-1)38-23-25-39(26-24-38)40-27-29-41(30-28-40)55-47-19-7-10-20-50(47)57-56(58-55)60-52-22-12-9-18-46(52)49-36-43(32-34-54(49)60)42-31-33-53-48(35-42)45-17-8-11-21-51(45)59(53)44-15-5-2-6-16-44;1-2-10-32(11-3-1)33-18-20-34(21-19-33)35-22-24-36(25-23-35)49-41-14-4-7-15-44(41)51-50(52-49)53-45-16-8-5-12-39(45)42-30-37(26-28-46(42)53)38-27-29-48-43(31-38)40-13-6-9-17-47(40)54-48/h1-36H;1-31H. The second-order valence-corrected chi connectivity index (χ2v) is 29.2. The minimum absolute atomic E-state index is 0.648. The maximum absolute atomic E-state index is 6.12. The number of para-hydroxylation sites is 7. The first-order chi connectivity index (χ1) is 56.5. The van der Waals surface area contributed by atoms with Gasteiger partial charge in [-0.2, -0.15) is 0 Å². The first kappa shape index (κ1) is 65.7. The van der Waals surface area contributed by atoms with Gasteiger partial charge in [-0.3, -0.25) is 9.13 Å². The molecule has 6 aromatic heterocycles. The van der Waals surface area contributed by atoms with Crippen LogP contribution in [0.1, 0.15) is 0 Å². The van der Waals surface area contributed by atoms with E-state index >= 15 is 0 Å². The van der Waals surface area contributed by atoms with Crippen molar-refractivity contribution in [2.75, 3.05) is 0 Å². The molecule has 0 amide bonds. The molecule has 0 saturated heterocycles. The number of hydrogen-bond donors (Lipinski definition) is 0. The highest BCUT2D eigenvalue weighted by atomic mass is 16.3. The normalized spacial score (nSPS) is 11.7. The molecule has 532 valence electrons. The molecule has 17 aromatic carbocycles. The van der Waals surface area contributed by atoms with E-state index in [9.17, 15) is 0 Å². The Bertz CT molecular complexity index is 7670. The third kappa shape index (κ3) is 11.4. The topological polar surface area (TPSA) is 79.5 Å². The maximum atomic E-state index is 6.12. The van der Waals surface area contributed by atoms with E-state index in [-0.39, 0.29) is 0 Å². The molecule has 6 heterocycles. The summed E-state index contributed by atoms with van der Waals surface area (Å²) < 4.78 is 12.9. The van der Waals surface area contributed by atoms with Crippen LogP contribution in [0.4, 0.5) is 0 Å². The zero-order valence-electron chi connectivity index (χ0n) is 61.7. The Kier molecular flexibility index (Phi) is 15.7. The molecule has 0 aliphatic carbocycles. The van der Waals surface area contributed by atoms with Crippen molar-refractivity contribution in [2.45, 2.75) is 0 Å². The Balaban J connectivity index is 0.000000140. The van der Waals surface area contributed by atoms with E-state index < -0.39 is 0 Å². The maximum Gasteiger partial charge on any atom is 0.235 e. The van der Waals surface area contributed by atoms with Crippen LogP contribution in [0.5, 0.6) is 0 Å². The van der Waals surface area contributed by atoms with Gasteiger partial charge in [0.1, 0.15) is 11.2 Å². The number of benzene rings is 17. The molecule has 23 aromatic rings. The Hall–Kier alpha value is -15.4. The molecule has 8 heteroatoms. The molecule has 23 rings (SSSR count). The van der Waals surface area contributed by atoms with Gasteiger partial charge < -0.3 is 8.98 Å². The number of fused-ring (bicyclic) bond motifs is 14. The van der Waals surface area contributed by atoms with Crippen LogP contribution < -0.4 is 0 Å². The van der Waals surface area contributed by atoms with Gasteiger partial charge in [-0.15, -0.1) is 0 Å². The molecule has 0 radical (unpaired) electrons. The van der Waals surface area contributed by atoms with E-state index in [0.29, 0.717) is 11.9 Å². The molecule has 0 bridgehead atoms. The summed E-state index contributed by atoms with van der Waals surface area (Å²) in [7, 11) is 0. The third-order valence-electron chi connectivity index (χ3n) is 22.6. The molecule has 0 aliphatic rings. The zero-order valence-corrected chi connectivity index (χ0v) is 61.7. The molecule has 0 unspecified atom stereocenters. The second kappa shape index (κ2) is 27.3. The minimum Gasteiger partial charge on any atom is -0.456 e. The average Bonchev–Trinajstić information content (AvgIpc) is 1.57. The predicted molar refractivity (Wildman–Crippen MR) is 473 cm³/mol. The van der Waals surface area contributed by atoms with Gasteiger partial charge in [-0.1, -0.05) is 309 Å². The number of aromatic nitrogens is 7. The molecule has 8 nitrogen and oxygen atoms in total. The van der Waals surface area contributed by atoms with Gasteiger partial charge >= 0.3 is 0 Å². The molecule has 0 saturated carbocycles. The Morgan fingerprint density at radius 1 is 0.167 bits per heavy atom. The van der Waals surface area contributed by atoms with Crippen molar-refractivity contribution in [1.82, 2.24) is 33.6 Å². The van der Waals surface area contributed by atoms with Crippen LogP contribution in [0.3, 0.4) is 0 Å². The summed E-state index contributed by atoms with van der Waals surface area (Å²) in [6.07, 6.45) is 0. The van der Waals surface area contributed by atoms with Crippen LogP contribution in [0.15, 0.2) is 411 Å². The van der Waals surface area contributed by atoms with Gasteiger partial charge in [-0.05, 0) is 164 Å². The van der Waals surface area contributed by atoms with E-state index in [1.165, 1.54) is 66.3 Å². The van der Waals surface area contributed by atoms with E-state index in [1.807, 2.05) is 24.3 Å². The largest absolute Gasteiger partial charge is 0.456 e. The lowest BCUT2D eigenvalue weighted by atomic mass is 9.98. The number of nitrogens with zero attached hydrogens (tertiary/aromatic N) is 7. The van der Waals surface area contributed by atoms with Crippen LogP contribution >= 0.6 is 0 Å². The lowest BCUT2D eigenvalue weighted by Crippen LogP contribution is -2.03. The number of hydrogen-bond acceptors (Lipinski definition) is 5. The van der Waals surface area contributed by atoms with Crippen molar-refractivity contribution in [3.63, 3.8) is 0 Å². The highest BCUT2D eigenvalue weighted by Gasteiger charge is 2.23. The van der Waals surface area contributed by atoms with Gasteiger partial charge in [0, 0.05) is 70.7 Å². The number of rotatable bonds is 11. The fraction of sp³-hybridized carbons (Fsp3) is 0. The highest BCUT2D eigenvalue weighted by Crippen LogP contribution is 2.43. The lowest BCUT2D eigenvalue weighted by Gasteiger charge is -2.12. The van der Waals surface area contributed by atoms with Gasteiger partial charge in [0.15, 0.2) is 0 Å². The van der Waals surface area contributed by atoms with Crippen molar-refractivity contribution >= 4 is 109 Å². The van der Waals surface area contributed by atoms with Crippen molar-refractivity contribution in [3.05, 3.63) is 406 Å². The molecule has 0 aliphatic heterocycles. The monoisotopic (exact) mass is 1450 g/mol. The number of furan rings is 1. The van der Waals surface area contributed by atoms with Gasteiger partial charge in [0.05, 0.1) is 55.5 Å². The Labute approximate surface area is 656 Å². The summed E-state index contributed by atoms with van der Waals surface area (Å²) in [6.45, 7) is 0. The molecule has 0 atom stereocenters. The average molecular weight is 1450 g/mol. The van der Waals surface area contributed by atoms with Gasteiger partial charge in [-0.25, -0.2) is 19.9 Å². The Morgan fingerprint density at radius 2 is 0.439 bits per heavy atom. The first-order valence-corrected chi connectivity index (χ1v) is 38.6. The minimum atomic E-state index is 0.648. The van der Waals surface area contributed by atoms with Gasteiger partial charge in [0.2, 0.25) is 11.9 Å². The van der Waals surface area contributed by atoms with Gasteiger partial charge in [0.25, 0.3) is 0 Å². The van der Waals surface area contributed by atoms with Crippen LogP contribution in [0, 0.1) is 0 Å². The smallest absolute Gasteiger partial charge is 0.235 e. The van der Waals surface area contributed by atoms with E-state index in [0.717, 1.165) is 138 Å². The first-order valence-electron chi connectivity index (χ1n) is 38.6. The molecular formula is C106H67N7O. The summed E-state index contributed by atoms with van der Waals surface area (Å²) in [5, 5.41) is 11.4. The van der Waals surface area contributed by atoms with Crippen LogP contribution in [0.25, 0.3) is 216 Å². The van der Waals surface area contributed by atoms with E-state index in [1.54, 1.807) is 0 Å². The molecule has 0 spiro atoms. The Morgan fingerprint density at radius 3 is 0.851 bits per heavy atom. The zero-order chi connectivity index (χ0) is 75.2. The van der Waals surface area contributed by atoms with Crippen molar-refractivity contribution in [3.8, 4) is 107 Å². The molecule has 0 fully saturated rings. The second-order valence-electron chi connectivity index (χ2n) is 29.2. The molecule has 114 heavy (non-hydrogen) atoms. The fourth-order valence-corrected chi connectivity index (χ4v) is 17.0. The van der Waals surface area contributed by atoms with Crippen molar-refractivity contribution in [1.29, 1.82) is 0 Å². The molecule has 0 N–H and O–H groups in total. The summed E-state index contributed by atoms with van der Waals surface area (Å²) in [5.74, 6) is 1.30. The lowest BCUT2D eigenvalue weighted by molar-refractivity contribution is 0.669. The van der Waals surface area contributed by atoms with Crippen molar-refractivity contribution < 1.29 is 4.42 Å². The van der Waals surface area contributed by atoms with Crippen LogP contribution in [-0.4, -0.2) is 33.6 Å². The summed E-state index contributed by atoms with van der Waals surface area (Å²) in [4.78, 5) is 21.1.